The van der Waals surface area contributed by atoms with E-state index in [1.54, 1.807) is 28.8 Å². The van der Waals surface area contributed by atoms with Gasteiger partial charge >= 0.3 is 0 Å². The quantitative estimate of drug-likeness (QED) is 0.255. The van der Waals surface area contributed by atoms with Crippen molar-refractivity contribution in [2.75, 3.05) is 12.4 Å². The third-order valence-corrected chi connectivity index (χ3v) is 4.94. The van der Waals surface area contributed by atoms with Crippen LogP contribution in [0.1, 0.15) is 5.56 Å². The second kappa shape index (κ2) is 8.43. The Morgan fingerprint density at radius 1 is 1.31 bits per heavy atom. The molecule has 2 aromatic carbocycles. The minimum atomic E-state index is -0.112. The maximum Gasteiger partial charge on any atom is 0.262 e. The standard InChI is InChI=1S/C20H19ClN2O2S/c1-3-9-23-19(24)17-13-15(21)7-8-18(17)22-20(23)26-11-10-25-16-6-4-5-14(2)12-16/h3-8,12-13H,1,9-11H2,2H3. The van der Waals surface area contributed by atoms with Crippen molar-refractivity contribution in [1.29, 1.82) is 0 Å². The van der Waals surface area contributed by atoms with Crippen molar-refractivity contribution in [1.82, 2.24) is 9.55 Å². The Morgan fingerprint density at radius 3 is 2.92 bits per heavy atom. The van der Waals surface area contributed by atoms with Crippen LogP contribution in [-0.4, -0.2) is 21.9 Å². The van der Waals surface area contributed by atoms with Crippen molar-refractivity contribution >= 4 is 34.3 Å². The number of hydrogen-bond donors (Lipinski definition) is 0. The number of rotatable bonds is 7. The lowest BCUT2D eigenvalue weighted by atomic mass is 10.2. The smallest absolute Gasteiger partial charge is 0.262 e. The van der Waals surface area contributed by atoms with Gasteiger partial charge in [0, 0.05) is 17.3 Å². The molecule has 0 atom stereocenters. The number of nitrogens with zero attached hydrogens (tertiary/aromatic N) is 2. The fourth-order valence-electron chi connectivity index (χ4n) is 2.57. The van der Waals surface area contributed by atoms with E-state index < -0.39 is 0 Å². The molecule has 0 unspecified atom stereocenters. The third kappa shape index (κ3) is 4.29. The topological polar surface area (TPSA) is 44.1 Å². The summed E-state index contributed by atoms with van der Waals surface area (Å²) in [5, 5.41) is 1.69. The van der Waals surface area contributed by atoms with Gasteiger partial charge in [-0.1, -0.05) is 41.6 Å². The van der Waals surface area contributed by atoms with Gasteiger partial charge in [-0.3, -0.25) is 9.36 Å². The van der Waals surface area contributed by atoms with Gasteiger partial charge in [0.15, 0.2) is 5.16 Å². The van der Waals surface area contributed by atoms with Gasteiger partial charge in [0.2, 0.25) is 0 Å². The maximum atomic E-state index is 12.8. The van der Waals surface area contributed by atoms with Crippen LogP contribution in [0.4, 0.5) is 0 Å². The summed E-state index contributed by atoms with van der Waals surface area (Å²) in [6.07, 6.45) is 1.69. The first-order valence-corrected chi connectivity index (χ1v) is 9.58. The van der Waals surface area contributed by atoms with Gasteiger partial charge in [-0.05, 0) is 42.8 Å². The molecule has 1 aromatic heterocycles. The van der Waals surface area contributed by atoms with Crippen molar-refractivity contribution in [2.24, 2.45) is 0 Å². The molecule has 6 heteroatoms. The molecular formula is C20H19ClN2O2S. The van der Waals surface area contributed by atoms with Gasteiger partial charge in [-0.2, -0.15) is 0 Å². The van der Waals surface area contributed by atoms with Crippen LogP contribution in [0, 0.1) is 6.92 Å². The fourth-order valence-corrected chi connectivity index (χ4v) is 3.57. The highest BCUT2D eigenvalue weighted by atomic mass is 35.5. The highest BCUT2D eigenvalue weighted by Crippen LogP contribution is 2.21. The number of thioether (sulfide) groups is 1. The van der Waals surface area contributed by atoms with E-state index in [9.17, 15) is 4.79 Å². The largest absolute Gasteiger partial charge is 0.493 e. The van der Waals surface area contributed by atoms with Gasteiger partial charge in [-0.25, -0.2) is 4.98 Å². The van der Waals surface area contributed by atoms with Crippen LogP contribution in [0.3, 0.4) is 0 Å². The Labute approximate surface area is 161 Å². The number of hydrogen-bond acceptors (Lipinski definition) is 4. The molecule has 0 aliphatic rings. The number of halogens is 1. The lowest BCUT2D eigenvalue weighted by molar-refractivity contribution is 0.343. The minimum absolute atomic E-state index is 0.112. The number of aromatic nitrogens is 2. The molecule has 0 aliphatic carbocycles. The van der Waals surface area contributed by atoms with E-state index in [1.807, 2.05) is 31.2 Å². The van der Waals surface area contributed by atoms with Gasteiger partial charge in [0.05, 0.1) is 17.5 Å². The molecule has 0 fully saturated rings. The molecule has 134 valence electrons. The molecule has 3 rings (SSSR count). The fraction of sp³-hybridized carbons (Fsp3) is 0.200. The van der Waals surface area contributed by atoms with Crippen LogP contribution in [0.5, 0.6) is 5.75 Å². The first-order valence-electron chi connectivity index (χ1n) is 8.22. The number of allylic oxidation sites excluding steroid dienone is 1. The average molecular weight is 387 g/mol. The van der Waals surface area contributed by atoms with Crippen LogP contribution in [0.15, 0.2) is 65.1 Å². The first-order chi connectivity index (χ1) is 12.6. The van der Waals surface area contributed by atoms with E-state index in [1.165, 1.54) is 11.8 Å². The lowest BCUT2D eigenvalue weighted by Crippen LogP contribution is -2.23. The molecular weight excluding hydrogens is 368 g/mol. The predicted molar refractivity (Wildman–Crippen MR) is 109 cm³/mol. The molecule has 0 spiro atoms. The van der Waals surface area contributed by atoms with Gasteiger partial charge in [-0.15, -0.1) is 6.58 Å². The highest BCUT2D eigenvalue weighted by molar-refractivity contribution is 7.99. The molecule has 0 saturated heterocycles. The molecule has 0 amide bonds. The zero-order chi connectivity index (χ0) is 18.5. The zero-order valence-corrected chi connectivity index (χ0v) is 16.0. The van der Waals surface area contributed by atoms with Crippen LogP contribution in [0.2, 0.25) is 5.02 Å². The Hall–Kier alpha value is -2.24. The van der Waals surface area contributed by atoms with Crippen LogP contribution in [-0.2, 0) is 6.54 Å². The Balaban J connectivity index is 1.78. The molecule has 0 saturated carbocycles. The molecule has 4 nitrogen and oxygen atoms in total. The number of fused-ring (bicyclic) bond motifs is 1. The van der Waals surface area contributed by atoms with E-state index >= 15 is 0 Å². The zero-order valence-electron chi connectivity index (χ0n) is 14.4. The third-order valence-electron chi connectivity index (χ3n) is 3.77. The number of aryl methyl sites for hydroxylation is 1. The molecule has 0 aliphatic heterocycles. The van der Waals surface area contributed by atoms with Gasteiger partial charge < -0.3 is 4.74 Å². The average Bonchev–Trinajstić information content (AvgIpc) is 2.62. The van der Waals surface area contributed by atoms with Crippen molar-refractivity contribution in [3.8, 4) is 5.75 Å². The Kier molecular flexibility index (Phi) is 6.01. The normalized spacial score (nSPS) is 10.8. The van der Waals surface area contributed by atoms with Crippen molar-refractivity contribution in [3.05, 3.63) is 76.1 Å². The van der Waals surface area contributed by atoms with Crippen molar-refractivity contribution in [3.63, 3.8) is 0 Å². The predicted octanol–water partition coefficient (Wildman–Crippen LogP) is 4.72. The van der Waals surface area contributed by atoms with Gasteiger partial charge in [0.25, 0.3) is 5.56 Å². The van der Waals surface area contributed by atoms with Crippen LogP contribution < -0.4 is 10.3 Å². The monoisotopic (exact) mass is 386 g/mol. The molecule has 3 aromatic rings. The molecule has 0 bridgehead atoms. The second-order valence-electron chi connectivity index (χ2n) is 5.77. The van der Waals surface area contributed by atoms with Crippen molar-refractivity contribution in [2.45, 2.75) is 18.6 Å². The SMILES string of the molecule is C=CCn1c(SCCOc2cccc(C)c2)nc2ccc(Cl)cc2c1=O. The molecule has 1 heterocycles. The van der Waals surface area contributed by atoms with E-state index in [2.05, 4.69) is 11.6 Å². The van der Waals surface area contributed by atoms with Crippen LogP contribution in [0.25, 0.3) is 10.9 Å². The van der Waals surface area contributed by atoms with E-state index in [-0.39, 0.29) is 5.56 Å². The maximum absolute atomic E-state index is 12.8. The Morgan fingerprint density at radius 2 is 2.15 bits per heavy atom. The summed E-state index contributed by atoms with van der Waals surface area (Å²) >= 11 is 7.50. The van der Waals surface area contributed by atoms with E-state index in [0.717, 1.165) is 11.3 Å². The summed E-state index contributed by atoms with van der Waals surface area (Å²) in [6, 6.07) is 13.1. The van der Waals surface area contributed by atoms with Gasteiger partial charge in [0.1, 0.15) is 5.75 Å². The minimum Gasteiger partial charge on any atom is -0.493 e. The van der Waals surface area contributed by atoms with Crippen LogP contribution >= 0.6 is 23.4 Å². The van der Waals surface area contributed by atoms with Crippen molar-refractivity contribution < 1.29 is 4.74 Å². The summed E-state index contributed by atoms with van der Waals surface area (Å²) in [5.74, 6) is 1.52. The van der Waals surface area contributed by atoms with E-state index in [4.69, 9.17) is 16.3 Å². The lowest BCUT2D eigenvalue weighted by Gasteiger charge is -2.12. The summed E-state index contributed by atoms with van der Waals surface area (Å²) < 4.78 is 7.38. The highest BCUT2D eigenvalue weighted by Gasteiger charge is 2.11. The number of ether oxygens (including phenoxy) is 1. The number of benzene rings is 2. The summed E-state index contributed by atoms with van der Waals surface area (Å²) in [5.41, 5.74) is 1.69. The summed E-state index contributed by atoms with van der Waals surface area (Å²) in [6.45, 7) is 6.68. The van der Waals surface area contributed by atoms with E-state index in [0.29, 0.717) is 40.0 Å². The molecule has 26 heavy (non-hydrogen) atoms. The molecule has 0 radical (unpaired) electrons. The first kappa shape index (κ1) is 18.5. The Bertz CT molecular complexity index is 1000. The molecule has 0 N–H and O–H groups in total. The summed E-state index contributed by atoms with van der Waals surface area (Å²) in [4.78, 5) is 17.4. The second-order valence-corrected chi connectivity index (χ2v) is 7.27. The summed E-state index contributed by atoms with van der Waals surface area (Å²) in [7, 11) is 0.